The van der Waals surface area contributed by atoms with Gasteiger partial charge in [0, 0.05) is 25.2 Å². The minimum Gasteiger partial charge on any atom is -0.326 e. The molecule has 0 bridgehead atoms. The van der Waals surface area contributed by atoms with Crippen molar-refractivity contribution >= 4 is 0 Å². The first kappa shape index (κ1) is 11.4. The Morgan fingerprint density at radius 2 is 2.00 bits per heavy atom. The van der Waals surface area contributed by atoms with Crippen molar-refractivity contribution in [3.8, 4) is 0 Å². The first-order valence-electron chi connectivity index (χ1n) is 6.47. The van der Waals surface area contributed by atoms with Gasteiger partial charge in [0.25, 0.3) is 0 Å². The van der Waals surface area contributed by atoms with E-state index in [2.05, 4.69) is 25.7 Å². The van der Waals surface area contributed by atoms with Gasteiger partial charge in [-0.25, -0.2) is 0 Å². The molecule has 1 saturated carbocycles. The predicted octanol–water partition coefficient (Wildman–Crippen LogP) is 2.23. The van der Waals surface area contributed by atoms with Gasteiger partial charge < -0.3 is 5.73 Å². The van der Waals surface area contributed by atoms with Gasteiger partial charge in [0.2, 0.25) is 0 Å². The van der Waals surface area contributed by atoms with Gasteiger partial charge >= 0.3 is 0 Å². The Bertz CT molecular complexity index is 225. The largest absolute Gasteiger partial charge is 0.326 e. The second-order valence-corrected chi connectivity index (χ2v) is 6.50. The van der Waals surface area contributed by atoms with Crippen LogP contribution in [0.5, 0.6) is 0 Å². The molecule has 2 fully saturated rings. The van der Waals surface area contributed by atoms with Crippen molar-refractivity contribution in [2.24, 2.45) is 17.1 Å². The Morgan fingerprint density at radius 3 is 2.53 bits per heavy atom. The van der Waals surface area contributed by atoms with E-state index in [1.54, 1.807) is 0 Å². The van der Waals surface area contributed by atoms with Crippen LogP contribution in [0.2, 0.25) is 0 Å². The smallest absolute Gasteiger partial charge is 0.0180 e. The SMILES string of the molecule is CC1CC(C)(C)CCC1N1CCC(N)C1. The quantitative estimate of drug-likeness (QED) is 0.719. The highest BCUT2D eigenvalue weighted by atomic mass is 15.2. The van der Waals surface area contributed by atoms with Gasteiger partial charge in [-0.15, -0.1) is 0 Å². The van der Waals surface area contributed by atoms with Crippen LogP contribution in [0.25, 0.3) is 0 Å². The average molecular weight is 210 g/mol. The molecule has 2 nitrogen and oxygen atoms in total. The molecule has 0 aromatic carbocycles. The molecule has 0 aromatic heterocycles. The summed E-state index contributed by atoms with van der Waals surface area (Å²) in [6.07, 6.45) is 5.34. The summed E-state index contributed by atoms with van der Waals surface area (Å²) in [5, 5.41) is 0. The summed E-state index contributed by atoms with van der Waals surface area (Å²) in [7, 11) is 0. The summed E-state index contributed by atoms with van der Waals surface area (Å²) >= 11 is 0. The Hall–Kier alpha value is -0.0800. The summed E-state index contributed by atoms with van der Waals surface area (Å²) in [6.45, 7) is 9.62. The van der Waals surface area contributed by atoms with E-state index in [0.717, 1.165) is 18.5 Å². The highest BCUT2D eigenvalue weighted by Gasteiger charge is 2.37. The minimum absolute atomic E-state index is 0.437. The van der Waals surface area contributed by atoms with Crippen LogP contribution in [0.1, 0.15) is 46.5 Å². The van der Waals surface area contributed by atoms with Crippen LogP contribution in [-0.4, -0.2) is 30.1 Å². The maximum Gasteiger partial charge on any atom is 0.0180 e. The minimum atomic E-state index is 0.437. The first-order valence-corrected chi connectivity index (χ1v) is 6.47. The fraction of sp³-hybridized carbons (Fsp3) is 1.00. The standard InChI is InChI=1S/C13H26N2/c1-10-8-13(2,3)6-4-12(10)15-7-5-11(14)9-15/h10-12H,4-9,14H2,1-3H3. The van der Waals surface area contributed by atoms with E-state index >= 15 is 0 Å². The van der Waals surface area contributed by atoms with Crippen LogP contribution >= 0.6 is 0 Å². The molecule has 0 amide bonds. The molecule has 0 aromatic rings. The Labute approximate surface area is 94.2 Å². The zero-order valence-electron chi connectivity index (χ0n) is 10.5. The van der Waals surface area contributed by atoms with Crippen molar-refractivity contribution in [3.05, 3.63) is 0 Å². The van der Waals surface area contributed by atoms with Crippen molar-refractivity contribution in [1.29, 1.82) is 0 Å². The molecule has 1 aliphatic heterocycles. The van der Waals surface area contributed by atoms with E-state index in [9.17, 15) is 0 Å². The molecule has 2 rings (SSSR count). The molecule has 0 spiro atoms. The number of hydrogen-bond donors (Lipinski definition) is 1. The summed E-state index contributed by atoms with van der Waals surface area (Å²) in [4.78, 5) is 2.64. The van der Waals surface area contributed by atoms with Gasteiger partial charge in [-0.3, -0.25) is 4.90 Å². The lowest BCUT2D eigenvalue weighted by molar-refractivity contribution is 0.0748. The van der Waals surface area contributed by atoms with Gasteiger partial charge in [-0.1, -0.05) is 20.8 Å². The van der Waals surface area contributed by atoms with Crippen LogP contribution in [0.4, 0.5) is 0 Å². The van der Waals surface area contributed by atoms with E-state index in [-0.39, 0.29) is 0 Å². The highest BCUT2D eigenvalue weighted by molar-refractivity contribution is 4.91. The Balaban J connectivity index is 1.94. The van der Waals surface area contributed by atoms with Crippen molar-refractivity contribution < 1.29 is 0 Å². The topological polar surface area (TPSA) is 29.3 Å². The van der Waals surface area contributed by atoms with E-state index in [1.165, 1.54) is 32.2 Å². The molecule has 1 saturated heterocycles. The average Bonchev–Trinajstić information content (AvgIpc) is 2.50. The Morgan fingerprint density at radius 1 is 1.27 bits per heavy atom. The molecule has 3 atom stereocenters. The molecule has 1 heterocycles. The summed E-state index contributed by atoms with van der Waals surface area (Å²) in [6, 6.07) is 1.25. The molecule has 15 heavy (non-hydrogen) atoms. The number of nitrogens with two attached hydrogens (primary N) is 1. The third-order valence-corrected chi connectivity index (χ3v) is 4.37. The van der Waals surface area contributed by atoms with Crippen LogP contribution in [0.15, 0.2) is 0 Å². The van der Waals surface area contributed by atoms with Crippen LogP contribution in [-0.2, 0) is 0 Å². The van der Waals surface area contributed by atoms with E-state index in [4.69, 9.17) is 5.73 Å². The predicted molar refractivity (Wildman–Crippen MR) is 64.7 cm³/mol. The van der Waals surface area contributed by atoms with Crippen molar-refractivity contribution in [2.45, 2.75) is 58.5 Å². The molecular formula is C13H26N2. The lowest BCUT2D eigenvalue weighted by Gasteiger charge is -2.43. The lowest BCUT2D eigenvalue weighted by atomic mass is 9.70. The maximum absolute atomic E-state index is 5.99. The maximum atomic E-state index is 5.99. The van der Waals surface area contributed by atoms with Gasteiger partial charge in [-0.05, 0) is 37.0 Å². The molecule has 2 heteroatoms. The molecular weight excluding hydrogens is 184 g/mol. The van der Waals surface area contributed by atoms with E-state index in [0.29, 0.717) is 11.5 Å². The van der Waals surface area contributed by atoms with Gasteiger partial charge in [0.1, 0.15) is 0 Å². The van der Waals surface area contributed by atoms with Gasteiger partial charge in [0.15, 0.2) is 0 Å². The monoisotopic (exact) mass is 210 g/mol. The summed E-state index contributed by atoms with van der Waals surface area (Å²) in [5.74, 6) is 0.846. The molecule has 3 unspecified atom stereocenters. The highest BCUT2D eigenvalue weighted by Crippen LogP contribution is 2.40. The van der Waals surface area contributed by atoms with Crippen LogP contribution in [0, 0.1) is 11.3 Å². The second-order valence-electron chi connectivity index (χ2n) is 6.50. The normalized spacial score (nSPS) is 42.0. The van der Waals surface area contributed by atoms with Gasteiger partial charge in [-0.2, -0.15) is 0 Å². The van der Waals surface area contributed by atoms with Crippen LogP contribution < -0.4 is 5.73 Å². The van der Waals surface area contributed by atoms with E-state index < -0.39 is 0 Å². The number of hydrogen-bond acceptors (Lipinski definition) is 2. The fourth-order valence-corrected chi connectivity index (χ4v) is 3.59. The zero-order valence-corrected chi connectivity index (χ0v) is 10.5. The number of rotatable bonds is 1. The third kappa shape index (κ3) is 2.54. The van der Waals surface area contributed by atoms with E-state index in [1.807, 2.05) is 0 Å². The molecule has 1 aliphatic carbocycles. The summed E-state index contributed by atoms with van der Waals surface area (Å²) in [5.41, 5.74) is 6.56. The fourth-order valence-electron chi connectivity index (χ4n) is 3.59. The molecule has 0 radical (unpaired) electrons. The molecule has 2 aliphatic rings. The zero-order chi connectivity index (χ0) is 11.1. The second kappa shape index (κ2) is 4.06. The van der Waals surface area contributed by atoms with Crippen LogP contribution in [0.3, 0.4) is 0 Å². The lowest BCUT2D eigenvalue weighted by Crippen LogP contribution is -2.44. The third-order valence-electron chi connectivity index (χ3n) is 4.37. The first-order chi connectivity index (χ1) is 6.98. The van der Waals surface area contributed by atoms with Gasteiger partial charge in [0.05, 0.1) is 0 Å². The number of nitrogens with zero attached hydrogens (tertiary/aromatic N) is 1. The van der Waals surface area contributed by atoms with Crippen molar-refractivity contribution in [3.63, 3.8) is 0 Å². The molecule has 2 N–H and O–H groups in total. The van der Waals surface area contributed by atoms with Crippen molar-refractivity contribution in [1.82, 2.24) is 4.90 Å². The molecule has 88 valence electrons. The Kier molecular flexibility index (Phi) is 3.09. The number of likely N-dealkylation sites (tertiary alicyclic amines) is 1. The summed E-state index contributed by atoms with van der Waals surface area (Å²) < 4.78 is 0. The van der Waals surface area contributed by atoms with Crippen molar-refractivity contribution in [2.75, 3.05) is 13.1 Å².